The molecular formula is C20H34NO2P. The summed E-state index contributed by atoms with van der Waals surface area (Å²) in [7, 11) is -3.12. The van der Waals surface area contributed by atoms with E-state index in [4.69, 9.17) is 4.52 Å². The van der Waals surface area contributed by atoms with Crippen LogP contribution >= 0.6 is 7.52 Å². The van der Waals surface area contributed by atoms with Crippen molar-refractivity contribution in [3.63, 3.8) is 0 Å². The first kappa shape index (κ1) is 19.7. The van der Waals surface area contributed by atoms with Gasteiger partial charge in [0.25, 0.3) is 7.52 Å². The summed E-state index contributed by atoms with van der Waals surface area (Å²) >= 11 is 0. The highest BCUT2D eigenvalue weighted by Gasteiger charge is 2.39. The molecule has 0 aliphatic heterocycles. The van der Waals surface area contributed by atoms with E-state index >= 15 is 0 Å². The van der Waals surface area contributed by atoms with Crippen molar-refractivity contribution in [1.82, 2.24) is 5.09 Å². The van der Waals surface area contributed by atoms with Crippen molar-refractivity contribution in [2.45, 2.75) is 72.4 Å². The molecule has 0 heterocycles. The maximum atomic E-state index is 13.8. The van der Waals surface area contributed by atoms with Crippen LogP contribution in [-0.2, 0) is 9.09 Å². The van der Waals surface area contributed by atoms with Crippen LogP contribution in [-0.4, -0.2) is 11.6 Å². The zero-order chi connectivity index (χ0) is 18.0. The van der Waals surface area contributed by atoms with Gasteiger partial charge in [0, 0.05) is 5.54 Å². The van der Waals surface area contributed by atoms with E-state index in [1.165, 1.54) is 6.42 Å². The largest absolute Gasteiger partial charge is 0.311 e. The van der Waals surface area contributed by atoms with E-state index in [0.717, 1.165) is 18.1 Å². The van der Waals surface area contributed by atoms with Gasteiger partial charge in [-0.15, -0.1) is 0 Å². The Bertz CT molecular complexity index is 565. The molecule has 3 nitrogen and oxygen atoms in total. The van der Waals surface area contributed by atoms with Crippen LogP contribution in [0.5, 0.6) is 0 Å². The molecule has 0 spiro atoms. The van der Waals surface area contributed by atoms with Gasteiger partial charge in [-0.05, 0) is 63.5 Å². The minimum absolute atomic E-state index is 0.0506. The lowest BCUT2D eigenvalue weighted by Gasteiger charge is -2.40. The van der Waals surface area contributed by atoms with Crippen molar-refractivity contribution in [2.75, 3.05) is 0 Å². The second-order valence-corrected chi connectivity index (χ2v) is 10.8. The molecule has 1 saturated carbocycles. The molecule has 1 aliphatic rings. The highest BCUT2D eigenvalue weighted by atomic mass is 31.2. The van der Waals surface area contributed by atoms with Gasteiger partial charge in [-0.1, -0.05) is 45.4 Å². The van der Waals surface area contributed by atoms with Crippen LogP contribution in [0.25, 0.3) is 0 Å². The standard InChI is InChI=1S/C20H34NO2P/c1-15(2)18-13-12-16(3)14-19(18)23-24(22,21-20(4,5)6)17-10-8-7-9-11-17/h7-11,15-16,18-19H,12-14H2,1-6H3,(H,21,22)/t16-,18+,19+,24-/m1/s1. The van der Waals surface area contributed by atoms with Crippen LogP contribution in [0.4, 0.5) is 0 Å². The third-order valence-corrected chi connectivity index (χ3v) is 7.33. The first-order valence-corrected chi connectivity index (χ1v) is 10.9. The van der Waals surface area contributed by atoms with Gasteiger partial charge >= 0.3 is 0 Å². The van der Waals surface area contributed by atoms with Crippen LogP contribution in [0.15, 0.2) is 30.3 Å². The minimum Gasteiger partial charge on any atom is -0.311 e. The summed E-state index contributed by atoms with van der Waals surface area (Å²) in [5.74, 6) is 1.64. The van der Waals surface area contributed by atoms with E-state index in [1.54, 1.807) is 0 Å². The normalized spacial score (nSPS) is 27.9. The molecule has 1 fully saturated rings. The summed E-state index contributed by atoms with van der Waals surface area (Å²) in [5, 5.41) is 4.07. The number of hydrogen-bond donors (Lipinski definition) is 1. The average molecular weight is 351 g/mol. The molecule has 0 bridgehead atoms. The average Bonchev–Trinajstić information content (AvgIpc) is 2.46. The van der Waals surface area contributed by atoms with Gasteiger partial charge in [-0.25, -0.2) is 5.09 Å². The molecule has 0 unspecified atom stereocenters. The number of rotatable bonds is 5. The maximum absolute atomic E-state index is 13.8. The van der Waals surface area contributed by atoms with E-state index < -0.39 is 7.52 Å². The predicted octanol–water partition coefficient (Wildman–Crippen LogP) is 5.37. The molecule has 1 aromatic rings. The van der Waals surface area contributed by atoms with Crippen molar-refractivity contribution >= 4 is 12.8 Å². The third-order valence-electron chi connectivity index (χ3n) is 4.82. The molecule has 0 saturated heterocycles. The Kier molecular flexibility index (Phi) is 6.34. The molecule has 4 heteroatoms. The maximum Gasteiger partial charge on any atom is 0.300 e. The van der Waals surface area contributed by atoms with Crippen LogP contribution in [0.3, 0.4) is 0 Å². The van der Waals surface area contributed by atoms with E-state index in [2.05, 4.69) is 25.9 Å². The van der Waals surface area contributed by atoms with E-state index in [9.17, 15) is 4.57 Å². The lowest BCUT2D eigenvalue weighted by Crippen LogP contribution is -2.41. The molecule has 1 aromatic carbocycles. The fourth-order valence-electron chi connectivity index (χ4n) is 3.64. The fourth-order valence-corrected chi connectivity index (χ4v) is 6.02. The molecule has 2 rings (SSSR count). The van der Waals surface area contributed by atoms with Crippen molar-refractivity contribution in [1.29, 1.82) is 0 Å². The summed E-state index contributed by atoms with van der Waals surface area (Å²) in [6.07, 6.45) is 3.44. The van der Waals surface area contributed by atoms with Gasteiger partial charge < -0.3 is 4.52 Å². The molecule has 0 amide bonds. The van der Waals surface area contributed by atoms with Gasteiger partial charge in [-0.2, -0.15) is 0 Å². The number of hydrogen-bond acceptors (Lipinski definition) is 2. The first-order chi connectivity index (χ1) is 11.1. The smallest absolute Gasteiger partial charge is 0.300 e. The zero-order valence-electron chi connectivity index (χ0n) is 16.1. The summed E-state index contributed by atoms with van der Waals surface area (Å²) in [6, 6.07) is 9.63. The van der Waals surface area contributed by atoms with E-state index in [0.29, 0.717) is 17.8 Å². The Labute approximate surface area is 148 Å². The molecule has 24 heavy (non-hydrogen) atoms. The second kappa shape index (κ2) is 7.72. The predicted molar refractivity (Wildman–Crippen MR) is 103 cm³/mol. The number of benzene rings is 1. The minimum atomic E-state index is -3.12. The Morgan fingerprint density at radius 2 is 1.79 bits per heavy atom. The Hall–Kier alpha value is -0.630. The molecular weight excluding hydrogens is 317 g/mol. The Balaban J connectivity index is 2.32. The van der Waals surface area contributed by atoms with Crippen LogP contribution in [0, 0.1) is 17.8 Å². The zero-order valence-corrected chi connectivity index (χ0v) is 17.0. The van der Waals surface area contributed by atoms with Crippen LogP contribution in [0.1, 0.15) is 60.8 Å². The molecule has 0 aromatic heterocycles. The van der Waals surface area contributed by atoms with Gasteiger partial charge in [0.1, 0.15) is 0 Å². The van der Waals surface area contributed by atoms with Crippen molar-refractivity contribution in [3.05, 3.63) is 30.3 Å². The quantitative estimate of drug-likeness (QED) is 0.725. The summed E-state index contributed by atoms with van der Waals surface area (Å²) in [6.45, 7) is 12.9. The van der Waals surface area contributed by atoms with E-state index in [-0.39, 0.29) is 11.6 Å². The lowest BCUT2D eigenvalue weighted by atomic mass is 9.75. The van der Waals surface area contributed by atoms with Gasteiger partial charge in [0.15, 0.2) is 0 Å². The molecule has 136 valence electrons. The molecule has 0 radical (unpaired) electrons. The molecule has 4 atom stereocenters. The second-order valence-electron chi connectivity index (χ2n) is 8.72. The lowest BCUT2D eigenvalue weighted by molar-refractivity contribution is 0.0474. The van der Waals surface area contributed by atoms with Gasteiger partial charge in [-0.3, -0.25) is 4.57 Å². The SMILES string of the molecule is CC(C)[C@@H]1CC[C@@H](C)C[C@@H]1O[P@@](=O)(NC(C)(C)C)c1ccccc1. The third kappa shape index (κ3) is 5.18. The van der Waals surface area contributed by atoms with Crippen molar-refractivity contribution < 1.29 is 9.09 Å². The van der Waals surface area contributed by atoms with Crippen LogP contribution < -0.4 is 10.4 Å². The topological polar surface area (TPSA) is 38.3 Å². The summed E-state index contributed by atoms with van der Waals surface area (Å²) in [5.41, 5.74) is -0.279. The van der Waals surface area contributed by atoms with Crippen LogP contribution in [0.2, 0.25) is 0 Å². The fraction of sp³-hybridized carbons (Fsp3) is 0.700. The van der Waals surface area contributed by atoms with Gasteiger partial charge in [0.05, 0.1) is 11.4 Å². The Morgan fingerprint density at radius 1 is 1.17 bits per heavy atom. The highest BCUT2D eigenvalue weighted by molar-refractivity contribution is 7.65. The molecule has 1 N–H and O–H groups in total. The highest BCUT2D eigenvalue weighted by Crippen LogP contribution is 2.49. The van der Waals surface area contributed by atoms with E-state index in [1.807, 2.05) is 51.1 Å². The van der Waals surface area contributed by atoms with Crippen molar-refractivity contribution in [3.8, 4) is 0 Å². The molecule has 1 aliphatic carbocycles. The first-order valence-electron chi connectivity index (χ1n) is 9.24. The van der Waals surface area contributed by atoms with Gasteiger partial charge in [0.2, 0.25) is 0 Å². The summed E-state index contributed by atoms with van der Waals surface area (Å²) in [4.78, 5) is 0. The monoisotopic (exact) mass is 351 g/mol. The Morgan fingerprint density at radius 3 is 2.33 bits per heavy atom. The van der Waals surface area contributed by atoms with Crippen molar-refractivity contribution in [2.24, 2.45) is 17.8 Å². The number of nitrogens with one attached hydrogen (secondary N) is 1. The summed E-state index contributed by atoms with van der Waals surface area (Å²) < 4.78 is 20.3.